The van der Waals surface area contributed by atoms with Gasteiger partial charge in [0.2, 0.25) is 0 Å². The Morgan fingerprint density at radius 1 is 0.880 bits per heavy atom. The minimum absolute atomic E-state index is 0. The van der Waals surface area contributed by atoms with Crippen molar-refractivity contribution in [1.82, 2.24) is 4.98 Å². The summed E-state index contributed by atoms with van der Waals surface area (Å²) >= 11 is 11.9. The van der Waals surface area contributed by atoms with Gasteiger partial charge in [-0.15, -0.1) is 49.6 Å². The van der Waals surface area contributed by atoms with Crippen molar-refractivity contribution in [2.24, 2.45) is 0 Å². The molecule has 9 heteroatoms. The van der Waals surface area contributed by atoms with E-state index in [-0.39, 0.29) is 49.6 Å². The average Bonchev–Trinajstić information content (AvgIpc) is 2.49. The Balaban J connectivity index is 0. The maximum absolute atomic E-state index is 6.01. The first kappa shape index (κ1) is 26.4. The molecule has 0 saturated carbocycles. The van der Waals surface area contributed by atoms with Gasteiger partial charge in [-0.3, -0.25) is 0 Å². The highest BCUT2D eigenvalue weighted by Crippen LogP contribution is 2.25. The highest BCUT2D eigenvalue weighted by molar-refractivity contribution is 6.42. The Morgan fingerprint density at radius 3 is 2.28 bits per heavy atom. The molecule has 3 nitrogen and oxygen atoms in total. The van der Waals surface area contributed by atoms with Crippen LogP contribution >= 0.6 is 72.8 Å². The zero-order chi connectivity index (χ0) is 14.8. The van der Waals surface area contributed by atoms with E-state index in [1.807, 2.05) is 36.4 Å². The highest BCUT2D eigenvalue weighted by Gasteiger charge is 2.02. The van der Waals surface area contributed by atoms with Crippen LogP contribution in [-0.4, -0.2) is 4.98 Å². The second-order valence-corrected chi connectivity index (χ2v) is 5.55. The van der Waals surface area contributed by atoms with Crippen LogP contribution in [0, 0.1) is 0 Å². The van der Waals surface area contributed by atoms with Crippen molar-refractivity contribution in [2.45, 2.75) is 6.54 Å². The molecular formula is C16H17Cl6N3. The molecular weight excluding hydrogens is 447 g/mol. The Hall–Kier alpha value is -0.810. The number of hydrogen-bond acceptors (Lipinski definition) is 3. The molecule has 1 heterocycles. The number of rotatable bonds is 3. The summed E-state index contributed by atoms with van der Waals surface area (Å²) in [5.74, 6) is 0.533. The topological polar surface area (TPSA) is 50.9 Å². The molecule has 25 heavy (non-hydrogen) atoms. The van der Waals surface area contributed by atoms with E-state index in [4.69, 9.17) is 28.9 Å². The summed E-state index contributed by atoms with van der Waals surface area (Å²) in [6.07, 6.45) is 1.71. The molecule has 0 atom stereocenters. The fourth-order valence-electron chi connectivity index (χ4n) is 2.15. The molecule has 0 saturated heterocycles. The van der Waals surface area contributed by atoms with Gasteiger partial charge in [-0.25, -0.2) is 4.98 Å². The summed E-state index contributed by atoms with van der Waals surface area (Å²) in [5.41, 5.74) is 7.94. The molecule has 0 aliphatic heterocycles. The van der Waals surface area contributed by atoms with Gasteiger partial charge < -0.3 is 11.1 Å². The van der Waals surface area contributed by atoms with Crippen molar-refractivity contribution in [1.29, 1.82) is 0 Å². The highest BCUT2D eigenvalue weighted by atomic mass is 35.5. The lowest BCUT2D eigenvalue weighted by molar-refractivity contribution is 1.15. The number of nitrogens with two attached hydrogens (primary N) is 1. The Kier molecular flexibility index (Phi) is 12.4. The van der Waals surface area contributed by atoms with E-state index in [2.05, 4.69) is 10.3 Å². The second kappa shape index (κ2) is 11.7. The molecule has 0 fully saturated rings. The van der Waals surface area contributed by atoms with Gasteiger partial charge in [0.05, 0.1) is 10.0 Å². The monoisotopic (exact) mass is 461 g/mol. The van der Waals surface area contributed by atoms with Crippen LogP contribution in [0.15, 0.2) is 48.7 Å². The fraction of sp³-hybridized carbons (Fsp3) is 0.0625. The quantitative estimate of drug-likeness (QED) is 0.471. The fourth-order valence-corrected chi connectivity index (χ4v) is 2.48. The minimum atomic E-state index is 0. The van der Waals surface area contributed by atoms with Crippen molar-refractivity contribution in [3.63, 3.8) is 0 Å². The number of fused-ring (bicyclic) bond motifs is 1. The Labute approximate surface area is 181 Å². The summed E-state index contributed by atoms with van der Waals surface area (Å²) in [5, 5.41) is 6.47. The normalized spacial score (nSPS) is 9.04. The van der Waals surface area contributed by atoms with E-state index in [1.54, 1.807) is 12.3 Å². The first-order valence-corrected chi connectivity index (χ1v) is 7.21. The number of benzene rings is 2. The van der Waals surface area contributed by atoms with Gasteiger partial charge in [0.1, 0.15) is 5.82 Å². The number of nitrogens with zero attached hydrogens (tertiary/aromatic N) is 1. The van der Waals surface area contributed by atoms with E-state index in [1.165, 1.54) is 0 Å². The predicted molar refractivity (Wildman–Crippen MR) is 119 cm³/mol. The molecule has 2 aromatic carbocycles. The zero-order valence-electron chi connectivity index (χ0n) is 12.7. The maximum Gasteiger partial charge on any atom is 0.131 e. The zero-order valence-corrected chi connectivity index (χ0v) is 17.5. The van der Waals surface area contributed by atoms with E-state index in [9.17, 15) is 0 Å². The number of anilines is 2. The van der Waals surface area contributed by atoms with Crippen LogP contribution in [0.2, 0.25) is 10.0 Å². The molecule has 0 amide bonds. The van der Waals surface area contributed by atoms with Crippen molar-refractivity contribution in [3.8, 4) is 0 Å². The number of aromatic nitrogens is 1. The summed E-state index contributed by atoms with van der Waals surface area (Å²) in [4.78, 5) is 4.11. The van der Waals surface area contributed by atoms with Gasteiger partial charge in [0.15, 0.2) is 0 Å². The van der Waals surface area contributed by atoms with Gasteiger partial charge in [0.25, 0.3) is 0 Å². The van der Waals surface area contributed by atoms with Crippen molar-refractivity contribution < 1.29 is 0 Å². The molecule has 0 radical (unpaired) electrons. The van der Waals surface area contributed by atoms with Crippen molar-refractivity contribution >= 4 is 95.1 Å². The van der Waals surface area contributed by atoms with Gasteiger partial charge in [-0.2, -0.15) is 0 Å². The molecule has 0 spiro atoms. The number of hydrogen-bond donors (Lipinski definition) is 2. The number of pyridine rings is 1. The molecule has 3 rings (SSSR count). The standard InChI is InChI=1S/C16H13Cl2N3.4ClH/c17-14-4-1-10(7-15(14)18)9-21-12-3-2-11-5-6-20-16(19)13(11)8-12;;;;/h1-8,21H,9H2,(H2,19,20);4*1H. The summed E-state index contributed by atoms with van der Waals surface area (Å²) in [6, 6.07) is 13.6. The van der Waals surface area contributed by atoms with Crippen LogP contribution in [-0.2, 0) is 6.54 Å². The molecule has 0 bridgehead atoms. The van der Waals surface area contributed by atoms with Gasteiger partial charge in [-0.05, 0) is 41.3 Å². The van der Waals surface area contributed by atoms with E-state index < -0.39 is 0 Å². The first-order chi connectivity index (χ1) is 10.1. The maximum atomic E-state index is 6.01. The lowest BCUT2D eigenvalue weighted by atomic mass is 10.1. The molecule has 1 aromatic heterocycles. The summed E-state index contributed by atoms with van der Waals surface area (Å²) in [7, 11) is 0. The van der Waals surface area contributed by atoms with Crippen molar-refractivity contribution in [3.05, 3.63) is 64.3 Å². The van der Waals surface area contributed by atoms with Gasteiger partial charge >= 0.3 is 0 Å². The summed E-state index contributed by atoms with van der Waals surface area (Å²) in [6.45, 7) is 0.655. The Morgan fingerprint density at radius 2 is 1.60 bits per heavy atom. The van der Waals surface area contributed by atoms with Crippen LogP contribution in [0.25, 0.3) is 10.8 Å². The SMILES string of the molecule is Cl.Cl.Cl.Cl.Nc1nccc2ccc(NCc3ccc(Cl)c(Cl)c3)cc12. The first-order valence-electron chi connectivity index (χ1n) is 6.45. The van der Waals surface area contributed by atoms with Crippen LogP contribution in [0.4, 0.5) is 11.5 Å². The molecule has 3 N–H and O–H groups in total. The van der Waals surface area contributed by atoms with Gasteiger partial charge in [0, 0.05) is 23.8 Å². The smallest absolute Gasteiger partial charge is 0.131 e. The summed E-state index contributed by atoms with van der Waals surface area (Å²) < 4.78 is 0. The molecule has 138 valence electrons. The minimum Gasteiger partial charge on any atom is -0.383 e. The third-order valence-corrected chi connectivity index (χ3v) is 4.02. The molecule has 0 aliphatic carbocycles. The third kappa shape index (κ3) is 6.45. The molecule has 0 aliphatic rings. The van der Waals surface area contributed by atoms with E-state index in [0.29, 0.717) is 22.4 Å². The van der Waals surface area contributed by atoms with Crippen LogP contribution in [0.3, 0.4) is 0 Å². The second-order valence-electron chi connectivity index (χ2n) is 4.73. The van der Waals surface area contributed by atoms with Crippen molar-refractivity contribution in [2.75, 3.05) is 11.1 Å². The van der Waals surface area contributed by atoms with E-state index in [0.717, 1.165) is 22.0 Å². The average molecular weight is 464 g/mol. The molecule has 0 unspecified atom stereocenters. The number of halogens is 6. The number of nitrogens with one attached hydrogen (secondary N) is 1. The lowest BCUT2D eigenvalue weighted by Crippen LogP contribution is -2.00. The largest absolute Gasteiger partial charge is 0.383 e. The third-order valence-electron chi connectivity index (χ3n) is 3.28. The van der Waals surface area contributed by atoms with Gasteiger partial charge in [-0.1, -0.05) is 35.3 Å². The Bertz CT molecular complexity index is 813. The lowest BCUT2D eigenvalue weighted by Gasteiger charge is -2.09. The number of nitrogen functional groups attached to an aromatic ring is 1. The van der Waals surface area contributed by atoms with Crippen LogP contribution in [0.1, 0.15) is 5.56 Å². The van der Waals surface area contributed by atoms with Crippen LogP contribution < -0.4 is 11.1 Å². The molecule has 3 aromatic rings. The van der Waals surface area contributed by atoms with E-state index >= 15 is 0 Å². The predicted octanol–water partition coefficient (Wildman–Crippen LogP) is 6.42. The van der Waals surface area contributed by atoms with Crippen LogP contribution in [0.5, 0.6) is 0 Å².